The molecule has 19 heavy (non-hydrogen) atoms. The maximum absolute atomic E-state index is 12.3. The van der Waals surface area contributed by atoms with E-state index in [9.17, 15) is 9.90 Å². The third-order valence-corrected chi connectivity index (χ3v) is 4.10. The van der Waals surface area contributed by atoms with E-state index in [2.05, 4.69) is 11.8 Å². The van der Waals surface area contributed by atoms with E-state index in [1.807, 2.05) is 11.8 Å². The van der Waals surface area contributed by atoms with Crippen LogP contribution in [0.2, 0.25) is 0 Å². The number of aliphatic hydroxyl groups excluding tert-OH is 1. The van der Waals surface area contributed by atoms with E-state index in [1.165, 1.54) is 0 Å². The van der Waals surface area contributed by atoms with Gasteiger partial charge in [0.05, 0.1) is 25.4 Å². The minimum absolute atomic E-state index is 0.0241. The molecular weight excluding hydrogens is 244 g/mol. The SMILES string of the molecule is CC1CCN(C(=O)CN2CC(C)OC(CO)C2)CC1. The van der Waals surface area contributed by atoms with Crippen LogP contribution in [0.15, 0.2) is 0 Å². The number of hydrogen-bond donors (Lipinski definition) is 1. The number of hydrogen-bond acceptors (Lipinski definition) is 4. The summed E-state index contributed by atoms with van der Waals surface area (Å²) in [6.45, 7) is 7.92. The molecule has 0 aliphatic carbocycles. The lowest BCUT2D eigenvalue weighted by atomic mass is 9.99. The third-order valence-electron chi connectivity index (χ3n) is 4.10. The molecular formula is C14H26N2O3. The van der Waals surface area contributed by atoms with Crippen molar-refractivity contribution in [3.8, 4) is 0 Å². The smallest absolute Gasteiger partial charge is 0.236 e. The van der Waals surface area contributed by atoms with Crippen molar-refractivity contribution in [3.63, 3.8) is 0 Å². The first-order valence-electron chi connectivity index (χ1n) is 7.35. The summed E-state index contributed by atoms with van der Waals surface area (Å²) >= 11 is 0. The van der Waals surface area contributed by atoms with E-state index in [0.717, 1.165) is 38.4 Å². The molecule has 2 aliphatic heterocycles. The van der Waals surface area contributed by atoms with E-state index >= 15 is 0 Å². The maximum Gasteiger partial charge on any atom is 0.236 e. The summed E-state index contributed by atoms with van der Waals surface area (Å²) in [4.78, 5) is 16.3. The molecule has 1 N–H and O–H groups in total. The van der Waals surface area contributed by atoms with Crippen LogP contribution in [-0.2, 0) is 9.53 Å². The summed E-state index contributed by atoms with van der Waals surface area (Å²) < 4.78 is 5.59. The fraction of sp³-hybridized carbons (Fsp3) is 0.929. The lowest BCUT2D eigenvalue weighted by molar-refractivity contribution is -0.139. The number of amides is 1. The Labute approximate surface area is 115 Å². The molecule has 0 radical (unpaired) electrons. The highest BCUT2D eigenvalue weighted by molar-refractivity contribution is 5.78. The van der Waals surface area contributed by atoms with Gasteiger partial charge in [-0.2, -0.15) is 0 Å². The molecule has 2 unspecified atom stereocenters. The Balaban J connectivity index is 1.81. The number of piperidine rings is 1. The van der Waals surface area contributed by atoms with Crippen LogP contribution in [0.3, 0.4) is 0 Å². The van der Waals surface area contributed by atoms with E-state index in [0.29, 0.717) is 13.1 Å². The Morgan fingerprint density at radius 3 is 2.58 bits per heavy atom. The topological polar surface area (TPSA) is 53.0 Å². The summed E-state index contributed by atoms with van der Waals surface area (Å²) in [5, 5.41) is 9.19. The van der Waals surface area contributed by atoms with Gasteiger partial charge in [0.1, 0.15) is 0 Å². The number of likely N-dealkylation sites (tertiary alicyclic amines) is 1. The zero-order valence-corrected chi connectivity index (χ0v) is 12.0. The molecule has 0 spiro atoms. The molecule has 0 bridgehead atoms. The average molecular weight is 270 g/mol. The normalized spacial score (nSPS) is 30.6. The second-order valence-electron chi connectivity index (χ2n) is 6.01. The van der Waals surface area contributed by atoms with Gasteiger partial charge in [-0.05, 0) is 25.7 Å². The van der Waals surface area contributed by atoms with Crippen molar-refractivity contribution >= 4 is 5.91 Å². The van der Waals surface area contributed by atoms with Gasteiger partial charge < -0.3 is 14.7 Å². The molecule has 0 aromatic rings. The standard InChI is InChI=1S/C14H26N2O3/c1-11-3-5-16(6-4-11)14(18)9-15-7-12(2)19-13(8-15)10-17/h11-13,17H,3-10H2,1-2H3. The third kappa shape index (κ3) is 4.16. The van der Waals surface area contributed by atoms with Crippen molar-refractivity contribution in [2.75, 3.05) is 39.3 Å². The Morgan fingerprint density at radius 2 is 1.95 bits per heavy atom. The highest BCUT2D eigenvalue weighted by Gasteiger charge is 2.28. The van der Waals surface area contributed by atoms with Gasteiger partial charge in [-0.25, -0.2) is 0 Å². The first-order chi connectivity index (χ1) is 9.08. The highest BCUT2D eigenvalue weighted by Crippen LogP contribution is 2.17. The van der Waals surface area contributed by atoms with Gasteiger partial charge in [0.15, 0.2) is 0 Å². The first-order valence-corrected chi connectivity index (χ1v) is 7.35. The van der Waals surface area contributed by atoms with Gasteiger partial charge in [-0.1, -0.05) is 6.92 Å². The molecule has 0 aromatic heterocycles. The van der Waals surface area contributed by atoms with Crippen LogP contribution < -0.4 is 0 Å². The predicted molar refractivity (Wildman–Crippen MR) is 72.8 cm³/mol. The number of aliphatic hydroxyl groups is 1. The Kier molecular flexibility index (Phi) is 5.19. The summed E-state index contributed by atoms with van der Waals surface area (Å²) in [5.74, 6) is 0.962. The van der Waals surface area contributed by atoms with Gasteiger partial charge >= 0.3 is 0 Å². The second kappa shape index (κ2) is 6.68. The second-order valence-corrected chi connectivity index (χ2v) is 6.01. The number of carbonyl (C=O) groups is 1. The fourth-order valence-corrected chi connectivity index (χ4v) is 2.92. The molecule has 110 valence electrons. The molecule has 2 aliphatic rings. The lowest BCUT2D eigenvalue weighted by Crippen LogP contribution is -2.52. The predicted octanol–water partition coefficient (Wildman–Crippen LogP) is 0.327. The van der Waals surface area contributed by atoms with Crippen molar-refractivity contribution in [1.29, 1.82) is 0 Å². The van der Waals surface area contributed by atoms with Crippen molar-refractivity contribution in [3.05, 3.63) is 0 Å². The van der Waals surface area contributed by atoms with Gasteiger partial charge in [0.25, 0.3) is 0 Å². The van der Waals surface area contributed by atoms with Crippen LogP contribution >= 0.6 is 0 Å². The summed E-state index contributed by atoms with van der Waals surface area (Å²) in [7, 11) is 0. The van der Waals surface area contributed by atoms with Crippen LogP contribution in [0.25, 0.3) is 0 Å². The number of ether oxygens (including phenoxy) is 1. The number of carbonyl (C=O) groups excluding carboxylic acids is 1. The largest absolute Gasteiger partial charge is 0.394 e. The van der Waals surface area contributed by atoms with Gasteiger partial charge in [-0.3, -0.25) is 9.69 Å². The van der Waals surface area contributed by atoms with E-state index in [4.69, 9.17) is 4.74 Å². The minimum atomic E-state index is -0.155. The summed E-state index contributed by atoms with van der Waals surface area (Å²) in [5.41, 5.74) is 0. The molecule has 1 amide bonds. The maximum atomic E-state index is 12.3. The summed E-state index contributed by atoms with van der Waals surface area (Å²) in [6.07, 6.45) is 2.16. The lowest BCUT2D eigenvalue weighted by Gasteiger charge is -2.37. The summed E-state index contributed by atoms with van der Waals surface area (Å²) in [6, 6.07) is 0. The number of nitrogens with zero attached hydrogens (tertiary/aromatic N) is 2. The molecule has 5 nitrogen and oxygen atoms in total. The molecule has 2 heterocycles. The molecule has 0 saturated carbocycles. The minimum Gasteiger partial charge on any atom is -0.394 e. The molecule has 2 fully saturated rings. The van der Waals surface area contributed by atoms with E-state index in [-0.39, 0.29) is 24.7 Å². The van der Waals surface area contributed by atoms with Crippen LogP contribution in [0.5, 0.6) is 0 Å². The molecule has 5 heteroatoms. The van der Waals surface area contributed by atoms with Crippen molar-refractivity contribution < 1.29 is 14.6 Å². The first kappa shape index (κ1) is 14.8. The van der Waals surface area contributed by atoms with Crippen molar-refractivity contribution in [2.45, 2.75) is 38.9 Å². The van der Waals surface area contributed by atoms with Crippen molar-refractivity contribution in [2.24, 2.45) is 5.92 Å². The Morgan fingerprint density at radius 1 is 1.26 bits per heavy atom. The van der Waals surface area contributed by atoms with Crippen LogP contribution in [0.1, 0.15) is 26.7 Å². The van der Waals surface area contributed by atoms with E-state index in [1.54, 1.807) is 0 Å². The van der Waals surface area contributed by atoms with Crippen LogP contribution in [0, 0.1) is 5.92 Å². The average Bonchev–Trinajstić information content (AvgIpc) is 2.38. The van der Waals surface area contributed by atoms with E-state index < -0.39 is 0 Å². The quantitative estimate of drug-likeness (QED) is 0.803. The van der Waals surface area contributed by atoms with Gasteiger partial charge in [-0.15, -0.1) is 0 Å². The highest BCUT2D eigenvalue weighted by atomic mass is 16.5. The van der Waals surface area contributed by atoms with Gasteiger partial charge in [0.2, 0.25) is 5.91 Å². The van der Waals surface area contributed by atoms with Crippen LogP contribution in [-0.4, -0.2) is 72.4 Å². The van der Waals surface area contributed by atoms with Crippen molar-refractivity contribution in [1.82, 2.24) is 9.80 Å². The number of rotatable bonds is 3. The zero-order chi connectivity index (χ0) is 13.8. The number of morpholine rings is 1. The molecule has 2 saturated heterocycles. The molecule has 2 rings (SSSR count). The molecule has 0 aromatic carbocycles. The fourth-order valence-electron chi connectivity index (χ4n) is 2.92. The molecule has 2 atom stereocenters. The zero-order valence-electron chi connectivity index (χ0n) is 12.0. The Bertz CT molecular complexity index is 303. The monoisotopic (exact) mass is 270 g/mol. The van der Waals surface area contributed by atoms with Gasteiger partial charge in [0, 0.05) is 26.2 Å². The van der Waals surface area contributed by atoms with Crippen LogP contribution in [0.4, 0.5) is 0 Å². The Hall–Kier alpha value is -0.650.